The van der Waals surface area contributed by atoms with Gasteiger partial charge in [0.1, 0.15) is 11.8 Å². The van der Waals surface area contributed by atoms with Crippen LogP contribution in [0.2, 0.25) is 0 Å². The zero-order valence-corrected chi connectivity index (χ0v) is 21.8. The van der Waals surface area contributed by atoms with Crippen LogP contribution in [0.5, 0.6) is 17.2 Å². The number of rotatable bonds is 5. The van der Waals surface area contributed by atoms with E-state index >= 15 is 0 Å². The highest BCUT2D eigenvalue weighted by Crippen LogP contribution is 2.40. The Bertz CT molecular complexity index is 1820. The molecule has 9 heteroatoms. The Morgan fingerprint density at radius 3 is 2.79 bits per heavy atom. The van der Waals surface area contributed by atoms with Gasteiger partial charge in [0, 0.05) is 5.56 Å². The lowest BCUT2D eigenvalue weighted by Gasteiger charge is -2.27. The number of esters is 1. The van der Waals surface area contributed by atoms with Crippen molar-refractivity contribution in [3.8, 4) is 17.2 Å². The number of nitrogens with zero attached hydrogens (tertiary/aromatic N) is 2. The number of thiazole rings is 1. The lowest BCUT2D eigenvalue weighted by molar-refractivity contribution is -0.139. The molecule has 3 aromatic carbocycles. The first kappa shape index (κ1) is 24.0. The molecule has 1 atom stereocenters. The lowest BCUT2D eigenvalue weighted by Crippen LogP contribution is -2.40. The smallest absolute Gasteiger partial charge is 0.338 e. The molecule has 6 rings (SSSR count). The Kier molecular flexibility index (Phi) is 6.00. The van der Waals surface area contributed by atoms with Gasteiger partial charge in [-0.2, -0.15) is 0 Å². The Balaban J connectivity index is 1.63. The van der Waals surface area contributed by atoms with Crippen molar-refractivity contribution in [3.05, 3.63) is 96.7 Å². The van der Waals surface area contributed by atoms with Gasteiger partial charge in [-0.3, -0.25) is 9.36 Å². The molecule has 0 spiro atoms. The van der Waals surface area contributed by atoms with Crippen molar-refractivity contribution in [3.63, 3.8) is 0 Å². The van der Waals surface area contributed by atoms with E-state index in [9.17, 15) is 9.59 Å². The Hall–Kier alpha value is -4.37. The summed E-state index contributed by atoms with van der Waals surface area (Å²) in [5.74, 6) is 1.35. The lowest BCUT2D eigenvalue weighted by atomic mass is 9.90. The van der Waals surface area contributed by atoms with E-state index in [1.54, 1.807) is 31.6 Å². The van der Waals surface area contributed by atoms with E-state index < -0.39 is 12.0 Å². The van der Waals surface area contributed by atoms with Gasteiger partial charge in [-0.05, 0) is 54.5 Å². The molecule has 2 aliphatic rings. The fourth-order valence-corrected chi connectivity index (χ4v) is 6.00. The summed E-state index contributed by atoms with van der Waals surface area (Å²) in [5, 5.41) is 1.84. The fourth-order valence-electron chi connectivity index (χ4n) is 4.95. The molecule has 3 heterocycles. The maximum atomic E-state index is 14.0. The van der Waals surface area contributed by atoms with E-state index in [1.165, 1.54) is 11.3 Å². The van der Waals surface area contributed by atoms with Gasteiger partial charge in [0.05, 0.1) is 29.5 Å². The molecule has 0 amide bonds. The second-order valence-corrected chi connectivity index (χ2v) is 9.83. The maximum absolute atomic E-state index is 14.0. The van der Waals surface area contributed by atoms with Crippen LogP contribution in [0.3, 0.4) is 0 Å². The Morgan fingerprint density at radius 1 is 1.16 bits per heavy atom. The summed E-state index contributed by atoms with van der Waals surface area (Å²) < 4.78 is 24.2. The number of methoxy groups -OCH3 is 1. The fraction of sp³-hybridized carbons (Fsp3) is 0.207. The number of fused-ring (bicyclic) bond motifs is 3. The number of aromatic nitrogens is 1. The van der Waals surface area contributed by atoms with Crippen LogP contribution in [0.15, 0.2) is 75.7 Å². The molecule has 0 saturated carbocycles. The first-order valence-electron chi connectivity index (χ1n) is 12.1. The minimum absolute atomic E-state index is 0.170. The maximum Gasteiger partial charge on any atom is 0.338 e. The zero-order chi connectivity index (χ0) is 26.4. The first-order chi connectivity index (χ1) is 18.5. The standard InChI is InChI=1S/C29H24N2O6S/c1-4-35-28(33)24-16(2)30-29-31(26(24)25-19-8-6-5-7-18(19)10-12-21(25)34-3)27(32)23(38-29)14-17-9-11-20-22(13-17)37-15-36-20/h5-14,26H,4,15H2,1-3H3/b23-14-. The minimum atomic E-state index is -0.787. The summed E-state index contributed by atoms with van der Waals surface area (Å²) >= 11 is 1.27. The van der Waals surface area contributed by atoms with Crippen molar-refractivity contribution in [1.82, 2.24) is 4.57 Å². The van der Waals surface area contributed by atoms with Gasteiger partial charge in [-0.25, -0.2) is 9.79 Å². The summed E-state index contributed by atoms with van der Waals surface area (Å²) in [5.41, 5.74) is 2.04. The predicted molar refractivity (Wildman–Crippen MR) is 143 cm³/mol. The van der Waals surface area contributed by atoms with Gasteiger partial charge in [0.15, 0.2) is 16.3 Å². The van der Waals surface area contributed by atoms with E-state index in [1.807, 2.05) is 54.6 Å². The molecule has 8 nitrogen and oxygen atoms in total. The zero-order valence-electron chi connectivity index (χ0n) is 21.0. The average Bonchev–Trinajstić information content (AvgIpc) is 3.51. The van der Waals surface area contributed by atoms with Crippen molar-refractivity contribution >= 4 is 34.2 Å². The van der Waals surface area contributed by atoms with E-state index in [4.69, 9.17) is 18.9 Å². The van der Waals surface area contributed by atoms with Crippen molar-refractivity contribution in [2.75, 3.05) is 20.5 Å². The molecule has 4 aromatic rings. The molecule has 0 fully saturated rings. The van der Waals surface area contributed by atoms with Crippen molar-refractivity contribution in [1.29, 1.82) is 0 Å². The first-order valence-corrected chi connectivity index (χ1v) is 13.0. The highest BCUT2D eigenvalue weighted by Gasteiger charge is 2.36. The Morgan fingerprint density at radius 2 is 1.97 bits per heavy atom. The van der Waals surface area contributed by atoms with Crippen molar-refractivity contribution < 1.29 is 23.7 Å². The molecule has 0 radical (unpaired) electrons. The number of allylic oxidation sites excluding steroid dienone is 1. The number of ether oxygens (including phenoxy) is 4. The third kappa shape index (κ3) is 3.86. The summed E-state index contributed by atoms with van der Waals surface area (Å²) in [7, 11) is 1.58. The monoisotopic (exact) mass is 528 g/mol. The summed E-state index contributed by atoms with van der Waals surface area (Å²) in [6, 6.07) is 16.4. The van der Waals surface area contributed by atoms with Crippen molar-refractivity contribution in [2.45, 2.75) is 19.9 Å². The summed E-state index contributed by atoms with van der Waals surface area (Å²) in [6.45, 7) is 3.89. The summed E-state index contributed by atoms with van der Waals surface area (Å²) in [4.78, 5) is 32.5. The van der Waals surface area contributed by atoms with Crippen molar-refractivity contribution in [2.24, 2.45) is 4.99 Å². The Labute approximate surface area is 221 Å². The normalized spacial score (nSPS) is 16.4. The number of carbonyl (C=O) groups is 1. The van der Waals surface area contributed by atoms with Crippen LogP contribution in [-0.2, 0) is 9.53 Å². The molecule has 0 bridgehead atoms. The molecular weight excluding hydrogens is 504 g/mol. The topological polar surface area (TPSA) is 88.4 Å². The molecule has 1 unspecified atom stereocenters. The average molecular weight is 529 g/mol. The van der Waals surface area contributed by atoms with E-state index in [2.05, 4.69) is 4.99 Å². The highest BCUT2D eigenvalue weighted by atomic mass is 32.1. The van der Waals surface area contributed by atoms with E-state index in [0.717, 1.165) is 16.3 Å². The largest absolute Gasteiger partial charge is 0.496 e. The van der Waals surface area contributed by atoms with Crippen LogP contribution < -0.4 is 29.1 Å². The quantitative estimate of drug-likeness (QED) is 0.367. The van der Waals surface area contributed by atoms with Crippen LogP contribution >= 0.6 is 11.3 Å². The third-order valence-corrected chi connectivity index (χ3v) is 7.62. The molecule has 0 aliphatic carbocycles. The van der Waals surface area contributed by atoms with Crippen LogP contribution in [0.25, 0.3) is 16.8 Å². The van der Waals surface area contributed by atoms with Gasteiger partial charge >= 0.3 is 5.97 Å². The SMILES string of the molecule is CCOC(=O)C1=C(C)N=c2s/c(=C\c3ccc4c(c3)OCO4)c(=O)n2C1c1c(OC)ccc2ccccc12. The molecular formula is C29H24N2O6S. The number of hydrogen-bond acceptors (Lipinski definition) is 8. The summed E-state index contributed by atoms with van der Waals surface area (Å²) in [6.07, 6.45) is 1.80. The number of hydrogen-bond donors (Lipinski definition) is 0. The van der Waals surface area contributed by atoms with Crippen LogP contribution in [-0.4, -0.2) is 31.0 Å². The molecule has 0 N–H and O–H groups in total. The second kappa shape index (κ2) is 9.50. The molecule has 192 valence electrons. The molecule has 38 heavy (non-hydrogen) atoms. The number of benzene rings is 3. The van der Waals surface area contributed by atoms with Crippen LogP contribution in [0.4, 0.5) is 0 Å². The predicted octanol–water partition coefficient (Wildman–Crippen LogP) is 3.69. The molecule has 0 saturated heterocycles. The van der Waals surface area contributed by atoms with Gasteiger partial charge in [0.25, 0.3) is 5.56 Å². The van der Waals surface area contributed by atoms with Crippen LogP contribution in [0, 0.1) is 0 Å². The molecule has 1 aromatic heterocycles. The van der Waals surface area contributed by atoms with Crippen LogP contribution in [0.1, 0.15) is 31.0 Å². The van der Waals surface area contributed by atoms with Gasteiger partial charge in [0.2, 0.25) is 6.79 Å². The third-order valence-electron chi connectivity index (χ3n) is 6.64. The van der Waals surface area contributed by atoms with Gasteiger partial charge < -0.3 is 18.9 Å². The van der Waals surface area contributed by atoms with E-state index in [-0.39, 0.29) is 19.0 Å². The highest BCUT2D eigenvalue weighted by molar-refractivity contribution is 7.07. The second-order valence-electron chi connectivity index (χ2n) is 8.82. The number of carbonyl (C=O) groups excluding carboxylic acids is 1. The van der Waals surface area contributed by atoms with Gasteiger partial charge in [-0.1, -0.05) is 47.7 Å². The van der Waals surface area contributed by atoms with E-state index in [0.29, 0.717) is 43.4 Å². The minimum Gasteiger partial charge on any atom is -0.496 e. The van der Waals surface area contributed by atoms with Gasteiger partial charge in [-0.15, -0.1) is 0 Å². The molecule has 2 aliphatic heterocycles.